The zero-order valence-electron chi connectivity index (χ0n) is 16.8. The fourth-order valence-corrected chi connectivity index (χ4v) is 5.25. The van der Waals surface area contributed by atoms with Gasteiger partial charge in [-0.05, 0) is 60.2 Å². The van der Waals surface area contributed by atoms with E-state index in [1.807, 2.05) is 36.4 Å². The first-order valence-corrected chi connectivity index (χ1v) is 11.6. The topological polar surface area (TPSA) is 67.9 Å². The Morgan fingerprint density at radius 1 is 1.07 bits per heavy atom. The third-order valence-electron chi connectivity index (χ3n) is 5.83. The number of hydrogen-bond acceptors (Lipinski definition) is 5. The van der Waals surface area contributed by atoms with Crippen molar-refractivity contribution in [3.05, 3.63) is 59.2 Å². The quantitative estimate of drug-likeness (QED) is 0.751. The molecule has 1 N–H and O–H groups in total. The van der Waals surface area contributed by atoms with Gasteiger partial charge in [0, 0.05) is 25.7 Å². The highest BCUT2D eigenvalue weighted by atomic mass is 32.2. The SMILES string of the molecule is COc1ccc([C@H](CNS(=O)(=O)c2ccc3c(c2)CCC3)N2CCOCC2)cc1. The van der Waals surface area contributed by atoms with Crippen molar-refractivity contribution in [3.63, 3.8) is 0 Å². The molecule has 1 aliphatic carbocycles. The van der Waals surface area contributed by atoms with Crippen molar-refractivity contribution in [1.29, 1.82) is 0 Å². The summed E-state index contributed by atoms with van der Waals surface area (Å²) in [5.74, 6) is 0.785. The smallest absolute Gasteiger partial charge is 0.240 e. The number of fused-ring (bicyclic) bond motifs is 1. The van der Waals surface area contributed by atoms with Gasteiger partial charge in [-0.3, -0.25) is 4.90 Å². The molecule has 7 heteroatoms. The normalized spacial score (nSPS) is 18.4. The molecule has 0 bridgehead atoms. The van der Waals surface area contributed by atoms with Gasteiger partial charge in [0.15, 0.2) is 0 Å². The van der Waals surface area contributed by atoms with Crippen LogP contribution in [0.3, 0.4) is 0 Å². The Morgan fingerprint density at radius 3 is 2.52 bits per heavy atom. The van der Waals surface area contributed by atoms with E-state index in [2.05, 4.69) is 9.62 Å². The summed E-state index contributed by atoms with van der Waals surface area (Å²) in [6, 6.07) is 13.3. The Bertz CT molecular complexity index is 938. The lowest BCUT2D eigenvalue weighted by Crippen LogP contribution is -2.43. The third-order valence-corrected chi connectivity index (χ3v) is 7.26. The van der Waals surface area contributed by atoms with Crippen LogP contribution >= 0.6 is 0 Å². The zero-order chi connectivity index (χ0) is 20.3. The summed E-state index contributed by atoms with van der Waals surface area (Å²) in [5.41, 5.74) is 3.49. The van der Waals surface area contributed by atoms with E-state index in [1.165, 1.54) is 5.56 Å². The molecule has 6 nitrogen and oxygen atoms in total. The highest BCUT2D eigenvalue weighted by molar-refractivity contribution is 7.89. The summed E-state index contributed by atoms with van der Waals surface area (Å²) in [6.07, 6.45) is 3.10. The van der Waals surface area contributed by atoms with Crippen molar-refractivity contribution in [1.82, 2.24) is 9.62 Å². The van der Waals surface area contributed by atoms with Crippen LogP contribution in [0.5, 0.6) is 5.75 Å². The number of nitrogens with zero attached hydrogens (tertiary/aromatic N) is 1. The lowest BCUT2D eigenvalue weighted by molar-refractivity contribution is 0.0172. The summed E-state index contributed by atoms with van der Waals surface area (Å²) < 4.78 is 39.5. The second-order valence-corrected chi connectivity index (χ2v) is 9.34. The van der Waals surface area contributed by atoms with Gasteiger partial charge >= 0.3 is 0 Å². The summed E-state index contributed by atoms with van der Waals surface area (Å²) in [7, 11) is -1.93. The standard InChI is InChI=1S/C22H28N2O4S/c1-27-20-8-5-18(6-9-20)22(24-11-13-28-14-12-24)16-23-29(25,26)21-10-7-17-3-2-4-19(17)15-21/h5-10,15,22-23H,2-4,11-14,16H2,1H3/t22-/m0/s1. The minimum absolute atomic E-state index is 0.0611. The number of rotatable bonds is 7. The Balaban J connectivity index is 1.53. The maximum atomic E-state index is 13.0. The van der Waals surface area contributed by atoms with Crippen molar-refractivity contribution in [2.45, 2.75) is 30.2 Å². The van der Waals surface area contributed by atoms with E-state index in [0.29, 0.717) is 24.7 Å². The lowest BCUT2D eigenvalue weighted by Gasteiger charge is -2.35. The average molecular weight is 417 g/mol. The molecular formula is C22H28N2O4S. The maximum Gasteiger partial charge on any atom is 0.240 e. The van der Waals surface area contributed by atoms with Crippen LogP contribution in [0, 0.1) is 0 Å². The van der Waals surface area contributed by atoms with Crippen molar-refractivity contribution >= 4 is 10.0 Å². The largest absolute Gasteiger partial charge is 0.497 e. The first-order valence-electron chi connectivity index (χ1n) is 10.1. The number of methoxy groups -OCH3 is 1. The molecule has 2 aromatic rings. The minimum atomic E-state index is -3.57. The fourth-order valence-electron chi connectivity index (χ4n) is 4.16. The predicted molar refractivity (Wildman–Crippen MR) is 112 cm³/mol. The number of sulfonamides is 1. The van der Waals surface area contributed by atoms with Crippen LogP contribution in [-0.4, -0.2) is 53.3 Å². The lowest BCUT2D eigenvalue weighted by atomic mass is 10.0. The van der Waals surface area contributed by atoms with E-state index in [-0.39, 0.29) is 6.04 Å². The zero-order valence-corrected chi connectivity index (χ0v) is 17.6. The van der Waals surface area contributed by atoms with Crippen LogP contribution in [0.25, 0.3) is 0 Å². The summed E-state index contributed by atoms with van der Waals surface area (Å²) in [4.78, 5) is 2.63. The first kappa shape index (κ1) is 20.3. The van der Waals surface area contributed by atoms with Gasteiger partial charge in [0.25, 0.3) is 0 Å². The molecule has 29 heavy (non-hydrogen) atoms. The van der Waals surface area contributed by atoms with Crippen LogP contribution < -0.4 is 9.46 Å². The van der Waals surface area contributed by atoms with Crippen LogP contribution in [0.2, 0.25) is 0 Å². The molecule has 0 unspecified atom stereocenters. The Kier molecular flexibility index (Phi) is 6.20. The maximum absolute atomic E-state index is 13.0. The molecule has 1 saturated heterocycles. The monoisotopic (exact) mass is 416 g/mol. The van der Waals surface area contributed by atoms with Crippen molar-refractivity contribution in [2.75, 3.05) is 40.0 Å². The van der Waals surface area contributed by atoms with Crippen LogP contribution in [0.4, 0.5) is 0 Å². The van der Waals surface area contributed by atoms with Crippen molar-refractivity contribution < 1.29 is 17.9 Å². The Hall–Kier alpha value is -1.93. The molecule has 1 atom stereocenters. The summed E-state index contributed by atoms with van der Waals surface area (Å²) in [6.45, 7) is 3.18. The van der Waals surface area contributed by atoms with E-state index in [4.69, 9.17) is 9.47 Å². The molecule has 0 radical (unpaired) electrons. The Labute approximate surface area is 172 Å². The molecule has 1 aliphatic heterocycles. The molecule has 1 heterocycles. The number of hydrogen-bond donors (Lipinski definition) is 1. The van der Waals surface area contributed by atoms with Gasteiger partial charge in [-0.25, -0.2) is 13.1 Å². The van der Waals surface area contributed by atoms with Crippen LogP contribution in [-0.2, 0) is 27.6 Å². The molecule has 156 valence electrons. The van der Waals surface area contributed by atoms with Gasteiger partial charge < -0.3 is 9.47 Å². The van der Waals surface area contributed by atoms with E-state index < -0.39 is 10.0 Å². The second-order valence-electron chi connectivity index (χ2n) is 7.57. The highest BCUT2D eigenvalue weighted by Gasteiger charge is 2.26. The number of morpholine rings is 1. The van der Waals surface area contributed by atoms with Crippen molar-refractivity contribution in [3.8, 4) is 5.75 Å². The van der Waals surface area contributed by atoms with Gasteiger partial charge in [-0.2, -0.15) is 0 Å². The van der Waals surface area contributed by atoms with Gasteiger partial charge in [-0.1, -0.05) is 18.2 Å². The molecule has 0 saturated carbocycles. The number of benzene rings is 2. The Morgan fingerprint density at radius 2 is 1.79 bits per heavy atom. The van der Waals surface area contributed by atoms with Gasteiger partial charge in [0.1, 0.15) is 5.75 Å². The molecule has 1 fully saturated rings. The van der Waals surface area contributed by atoms with Crippen molar-refractivity contribution in [2.24, 2.45) is 0 Å². The van der Waals surface area contributed by atoms with E-state index in [9.17, 15) is 8.42 Å². The highest BCUT2D eigenvalue weighted by Crippen LogP contribution is 2.26. The minimum Gasteiger partial charge on any atom is -0.497 e. The van der Waals surface area contributed by atoms with E-state index >= 15 is 0 Å². The number of aryl methyl sites for hydroxylation is 2. The van der Waals surface area contributed by atoms with Crippen LogP contribution in [0.1, 0.15) is 29.2 Å². The first-order chi connectivity index (χ1) is 14.1. The van der Waals surface area contributed by atoms with E-state index in [1.54, 1.807) is 13.2 Å². The molecule has 0 spiro atoms. The molecule has 4 rings (SSSR count). The third kappa shape index (κ3) is 4.64. The molecule has 0 amide bonds. The number of nitrogens with one attached hydrogen (secondary N) is 1. The van der Waals surface area contributed by atoms with Crippen LogP contribution in [0.15, 0.2) is 47.4 Å². The average Bonchev–Trinajstić information content (AvgIpc) is 3.23. The fraction of sp³-hybridized carbons (Fsp3) is 0.455. The van der Waals surface area contributed by atoms with E-state index in [0.717, 1.165) is 49.2 Å². The molecule has 0 aromatic heterocycles. The summed E-state index contributed by atoms with van der Waals surface area (Å²) in [5, 5.41) is 0. The van der Waals surface area contributed by atoms with Gasteiger partial charge in [-0.15, -0.1) is 0 Å². The van der Waals surface area contributed by atoms with Gasteiger partial charge in [0.05, 0.1) is 25.2 Å². The molecular weight excluding hydrogens is 388 g/mol. The predicted octanol–water partition coefficient (Wildman–Crippen LogP) is 2.54. The molecule has 2 aliphatic rings. The second kappa shape index (κ2) is 8.83. The summed E-state index contributed by atoms with van der Waals surface area (Å²) >= 11 is 0. The molecule has 2 aromatic carbocycles. The van der Waals surface area contributed by atoms with Gasteiger partial charge in [0.2, 0.25) is 10.0 Å². The number of ether oxygens (including phenoxy) is 2.